The Morgan fingerprint density at radius 1 is 1.35 bits per heavy atom. The van der Waals surface area contributed by atoms with E-state index in [1.807, 2.05) is 6.92 Å². The highest BCUT2D eigenvalue weighted by atomic mass is 32.1. The molecule has 0 bridgehead atoms. The molecule has 2 N–H and O–H groups in total. The molecule has 1 aliphatic rings. The summed E-state index contributed by atoms with van der Waals surface area (Å²) >= 11 is 5.18. The molecule has 1 unspecified atom stereocenters. The summed E-state index contributed by atoms with van der Waals surface area (Å²) in [5.74, 6) is -0.554. The Labute approximate surface area is 183 Å². The van der Waals surface area contributed by atoms with E-state index in [0.29, 0.717) is 12.1 Å². The first-order chi connectivity index (χ1) is 14.8. The molecule has 1 aromatic heterocycles. The van der Waals surface area contributed by atoms with E-state index in [2.05, 4.69) is 10.1 Å². The number of aromatic hydroxyl groups is 1. The molecule has 0 radical (unpaired) electrons. The van der Waals surface area contributed by atoms with Crippen LogP contribution < -0.4 is 5.56 Å². The van der Waals surface area contributed by atoms with Crippen LogP contribution in [0.4, 0.5) is 5.69 Å². The van der Waals surface area contributed by atoms with E-state index >= 15 is 0 Å². The number of carbonyl (C=O) groups excluding carboxylic acids is 1. The van der Waals surface area contributed by atoms with Crippen LogP contribution in [0.3, 0.4) is 0 Å². The van der Waals surface area contributed by atoms with Crippen LogP contribution in [0.25, 0.3) is 0 Å². The van der Waals surface area contributed by atoms with Crippen molar-refractivity contribution in [1.82, 2.24) is 14.6 Å². The number of H-pyrrole nitrogens is 1. The average Bonchev–Trinajstić information content (AvgIpc) is 3.17. The zero-order valence-corrected chi connectivity index (χ0v) is 18.0. The van der Waals surface area contributed by atoms with Gasteiger partial charge in [-0.1, -0.05) is 32.4 Å². The summed E-state index contributed by atoms with van der Waals surface area (Å²) in [5, 5.41) is 27.4. The molecule has 1 atom stereocenters. The molecule has 0 fully saturated rings. The number of hydrazone groups is 1. The van der Waals surface area contributed by atoms with Crippen LogP contribution in [0.15, 0.2) is 34.2 Å². The number of rotatable bonds is 7. The van der Waals surface area contributed by atoms with Crippen LogP contribution in [-0.2, 0) is 11.3 Å². The SMILES string of the molecule is CCCCn1c(O)c(C2=NN(C(=O)CC)C(c3ccc([N+](=O)[O-])cc3)C2)c(=O)[nH]c1=S. The highest BCUT2D eigenvalue weighted by Crippen LogP contribution is 2.34. The van der Waals surface area contributed by atoms with E-state index in [1.165, 1.54) is 21.7 Å². The summed E-state index contributed by atoms with van der Waals surface area (Å²) in [7, 11) is 0. The molecular weight excluding hydrogens is 422 g/mol. The van der Waals surface area contributed by atoms with Crippen molar-refractivity contribution in [3.8, 4) is 5.88 Å². The van der Waals surface area contributed by atoms with E-state index in [9.17, 15) is 24.8 Å². The summed E-state index contributed by atoms with van der Waals surface area (Å²) < 4.78 is 1.57. The predicted octanol–water partition coefficient (Wildman–Crippen LogP) is 3.41. The second kappa shape index (κ2) is 9.21. The first kappa shape index (κ1) is 22.3. The van der Waals surface area contributed by atoms with Crippen molar-refractivity contribution >= 4 is 29.5 Å². The summed E-state index contributed by atoms with van der Waals surface area (Å²) in [6.07, 6.45) is 1.98. The van der Waals surface area contributed by atoms with Gasteiger partial charge in [0.1, 0.15) is 5.56 Å². The zero-order chi connectivity index (χ0) is 22.7. The molecule has 0 aliphatic carbocycles. The highest BCUT2D eigenvalue weighted by Gasteiger charge is 2.35. The molecule has 0 spiro atoms. The number of carbonyl (C=O) groups is 1. The summed E-state index contributed by atoms with van der Waals surface area (Å²) in [5.41, 5.74) is 0.221. The number of unbranched alkanes of at least 4 members (excludes halogenated alkanes) is 1. The van der Waals surface area contributed by atoms with Gasteiger partial charge in [-0.2, -0.15) is 5.10 Å². The van der Waals surface area contributed by atoms with Crippen LogP contribution in [0.2, 0.25) is 0 Å². The molecule has 2 aromatic rings. The fourth-order valence-corrected chi connectivity index (χ4v) is 3.75. The van der Waals surface area contributed by atoms with Gasteiger partial charge in [0.2, 0.25) is 11.8 Å². The van der Waals surface area contributed by atoms with Crippen molar-refractivity contribution in [3.63, 3.8) is 0 Å². The summed E-state index contributed by atoms with van der Waals surface area (Å²) in [6.45, 7) is 4.12. The van der Waals surface area contributed by atoms with E-state index in [4.69, 9.17) is 12.2 Å². The quantitative estimate of drug-likeness (QED) is 0.381. The minimum Gasteiger partial charge on any atom is -0.494 e. The third-order valence-electron chi connectivity index (χ3n) is 5.15. The number of hydrogen-bond donors (Lipinski definition) is 2. The van der Waals surface area contributed by atoms with Crippen molar-refractivity contribution in [3.05, 3.63) is 60.6 Å². The number of amides is 1. The lowest BCUT2D eigenvalue weighted by molar-refractivity contribution is -0.384. The highest BCUT2D eigenvalue weighted by molar-refractivity contribution is 7.71. The first-order valence-electron chi connectivity index (χ1n) is 9.98. The molecule has 1 aromatic carbocycles. The van der Waals surface area contributed by atoms with Crippen LogP contribution in [0.1, 0.15) is 56.7 Å². The molecule has 164 valence electrons. The molecule has 11 heteroatoms. The van der Waals surface area contributed by atoms with Gasteiger partial charge < -0.3 is 5.11 Å². The molecule has 1 aliphatic heterocycles. The Morgan fingerprint density at radius 2 is 2.03 bits per heavy atom. The van der Waals surface area contributed by atoms with Gasteiger partial charge in [0, 0.05) is 31.5 Å². The maximum absolute atomic E-state index is 12.6. The minimum atomic E-state index is -0.581. The molecule has 0 saturated heterocycles. The topological polar surface area (TPSA) is 134 Å². The Kier molecular flexibility index (Phi) is 6.64. The number of aromatic nitrogens is 2. The number of hydrogen-bond acceptors (Lipinski definition) is 7. The van der Waals surface area contributed by atoms with Gasteiger partial charge in [-0.3, -0.25) is 29.3 Å². The standard InChI is InChI=1S/C20H23N5O5S/c1-3-5-10-23-19(28)17(18(27)21-20(23)31)14-11-15(24(22-14)16(26)4-2)12-6-8-13(9-7-12)25(29)30/h6-9,15,28H,3-5,10-11H2,1-2H3,(H,21,27,31). The third kappa shape index (κ3) is 4.41. The van der Waals surface area contributed by atoms with Crippen LogP contribution in [-0.4, -0.2) is 36.2 Å². The van der Waals surface area contributed by atoms with Crippen molar-refractivity contribution in [2.75, 3.05) is 0 Å². The number of nitro benzene ring substituents is 1. The van der Waals surface area contributed by atoms with Gasteiger partial charge >= 0.3 is 0 Å². The lowest BCUT2D eigenvalue weighted by Crippen LogP contribution is -2.26. The molecule has 10 nitrogen and oxygen atoms in total. The molecular formula is C20H23N5O5S. The largest absolute Gasteiger partial charge is 0.494 e. The predicted molar refractivity (Wildman–Crippen MR) is 117 cm³/mol. The number of nitrogens with zero attached hydrogens (tertiary/aromatic N) is 4. The van der Waals surface area contributed by atoms with Crippen molar-refractivity contribution in [2.45, 2.75) is 52.1 Å². The smallest absolute Gasteiger partial charge is 0.269 e. The normalized spacial score (nSPS) is 15.7. The van der Waals surface area contributed by atoms with E-state index in [0.717, 1.165) is 12.8 Å². The van der Waals surface area contributed by atoms with Gasteiger partial charge in [-0.05, 0) is 24.2 Å². The zero-order valence-electron chi connectivity index (χ0n) is 17.2. The molecule has 3 rings (SSSR count). The van der Waals surface area contributed by atoms with Gasteiger partial charge in [0.05, 0.1) is 16.7 Å². The lowest BCUT2D eigenvalue weighted by Gasteiger charge is -2.21. The number of aromatic amines is 1. The van der Waals surface area contributed by atoms with Crippen molar-refractivity contribution in [1.29, 1.82) is 0 Å². The van der Waals surface area contributed by atoms with Gasteiger partial charge in [0.25, 0.3) is 11.2 Å². The Bertz CT molecular complexity index is 1150. The van der Waals surface area contributed by atoms with Crippen molar-refractivity contribution in [2.24, 2.45) is 5.10 Å². The maximum Gasteiger partial charge on any atom is 0.269 e. The molecule has 31 heavy (non-hydrogen) atoms. The Hall–Kier alpha value is -3.34. The Balaban J connectivity index is 2.05. The van der Waals surface area contributed by atoms with E-state index in [-0.39, 0.29) is 46.4 Å². The van der Waals surface area contributed by atoms with Gasteiger partial charge in [-0.15, -0.1) is 0 Å². The number of nitro groups is 1. The van der Waals surface area contributed by atoms with Crippen LogP contribution in [0, 0.1) is 14.9 Å². The van der Waals surface area contributed by atoms with Crippen molar-refractivity contribution < 1.29 is 14.8 Å². The maximum atomic E-state index is 12.6. The monoisotopic (exact) mass is 445 g/mol. The first-order valence-corrected chi connectivity index (χ1v) is 10.4. The lowest BCUT2D eigenvalue weighted by atomic mass is 9.99. The van der Waals surface area contributed by atoms with Crippen LogP contribution in [0.5, 0.6) is 5.88 Å². The second-order valence-electron chi connectivity index (χ2n) is 7.17. The fourth-order valence-electron chi connectivity index (χ4n) is 3.47. The fraction of sp³-hybridized carbons (Fsp3) is 0.400. The van der Waals surface area contributed by atoms with Crippen LogP contribution >= 0.6 is 12.2 Å². The molecule has 0 saturated carbocycles. The molecule has 2 heterocycles. The van der Waals surface area contributed by atoms with E-state index in [1.54, 1.807) is 19.1 Å². The summed E-state index contributed by atoms with van der Waals surface area (Å²) in [4.78, 5) is 38.2. The number of non-ortho nitro benzene ring substituents is 1. The van der Waals surface area contributed by atoms with Gasteiger partial charge in [-0.25, -0.2) is 5.01 Å². The minimum absolute atomic E-state index is 0.0250. The van der Waals surface area contributed by atoms with E-state index < -0.39 is 16.5 Å². The number of nitrogens with one attached hydrogen (secondary N) is 1. The molecule has 1 amide bonds. The van der Waals surface area contributed by atoms with Gasteiger partial charge in [0.15, 0.2) is 4.77 Å². The number of benzene rings is 1. The second-order valence-corrected chi connectivity index (χ2v) is 7.56. The average molecular weight is 446 g/mol. The summed E-state index contributed by atoms with van der Waals surface area (Å²) in [6, 6.07) is 5.30. The Morgan fingerprint density at radius 3 is 2.61 bits per heavy atom. The third-order valence-corrected chi connectivity index (χ3v) is 5.48.